The van der Waals surface area contributed by atoms with Crippen molar-refractivity contribution in [3.05, 3.63) is 30.3 Å². The second-order valence-electron chi connectivity index (χ2n) is 5.18. The smallest absolute Gasteiger partial charge is 0.223 e. The first-order valence-corrected chi connectivity index (χ1v) is 7.05. The number of benzene rings is 1. The van der Waals surface area contributed by atoms with Crippen LogP contribution in [0.25, 0.3) is 0 Å². The van der Waals surface area contributed by atoms with Gasteiger partial charge in [0.2, 0.25) is 5.91 Å². The minimum Gasteiger partial charge on any atom is -0.383 e. The van der Waals surface area contributed by atoms with Gasteiger partial charge in [-0.1, -0.05) is 18.2 Å². The number of piperidine rings is 1. The van der Waals surface area contributed by atoms with Crippen molar-refractivity contribution in [2.75, 3.05) is 25.0 Å². The van der Waals surface area contributed by atoms with Crippen LogP contribution in [0, 0.1) is 5.92 Å². The summed E-state index contributed by atoms with van der Waals surface area (Å²) < 4.78 is 0. The number of hydrogen-bond donors (Lipinski definition) is 3. The molecule has 0 bridgehead atoms. The molecule has 1 unspecified atom stereocenters. The molecule has 1 atom stereocenters. The van der Waals surface area contributed by atoms with Gasteiger partial charge in [-0.2, -0.15) is 0 Å². The van der Waals surface area contributed by atoms with Gasteiger partial charge in [0, 0.05) is 24.2 Å². The number of carbonyl (C=O) groups is 1. The third-order valence-electron chi connectivity index (χ3n) is 3.48. The summed E-state index contributed by atoms with van der Waals surface area (Å²) in [5.74, 6) is 0.379. The van der Waals surface area contributed by atoms with E-state index in [9.17, 15) is 4.79 Å². The lowest BCUT2D eigenvalue weighted by atomic mass is 9.97. The Kier molecular flexibility index (Phi) is 5.21. The Hall–Kier alpha value is -1.55. The maximum atomic E-state index is 12.1. The number of rotatable bonds is 5. The van der Waals surface area contributed by atoms with E-state index in [0.29, 0.717) is 0 Å². The van der Waals surface area contributed by atoms with Crippen LogP contribution < -0.4 is 16.0 Å². The van der Waals surface area contributed by atoms with Crippen LogP contribution in [0.1, 0.15) is 19.8 Å². The van der Waals surface area contributed by atoms with Crippen molar-refractivity contribution in [3.63, 3.8) is 0 Å². The standard InChI is InChI=1S/C15H23N3O/c1-12(11-17-14-5-3-2-4-6-14)18-15(19)13-7-9-16-10-8-13/h2-6,12-13,16-17H,7-11H2,1H3,(H,18,19). The summed E-state index contributed by atoms with van der Waals surface area (Å²) in [7, 11) is 0. The van der Waals surface area contributed by atoms with Crippen LogP contribution in [0.3, 0.4) is 0 Å². The summed E-state index contributed by atoms with van der Waals surface area (Å²) in [5, 5.41) is 9.69. The first-order chi connectivity index (χ1) is 9.25. The topological polar surface area (TPSA) is 53.2 Å². The SMILES string of the molecule is CC(CNc1ccccc1)NC(=O)C1CCNCC1. The van der Waals surface area contributed by atoms with E-state index in [-0.39, 0.29) is 17.9 Å². The van der Waals surface area contributed by atoms with Crippen molar-refractivity contribution in [3.8, 4) is 0 Å². The van der Waals surface area contributed by atoms with Crippen LogP contribution in [0.15, 0.2) is 30.3 Å². The largest absolute Gasteiger partial charge is 0.383 e. The number of hydrogen-bond acceptors (Lipinski definition) is 3. The molecule has 4 nitrogen and oxygen atoms in total. The first-order valence-electron chi connectivity index (χ1n) is 7.05. The van der Waals surface area contributed by atoms with Gasteiger partial charge in [0.25, 0.3) is 0 Å². The minimum atomic E-state index is 0.141. The summed E-state index contributed by atoms with van der Waals surface area (Å²) in [6.45, 7) is 4.69. The second kappa shape index (κ2) is 7.14. The zero-order valence-electron chi connectivity index (χ0n) is 11.5. The molecule has 0 radical (unpaired) electrons. The van der Waals surface area contributed by atoms with Crippen LogP contribution in [-0.2, 0) is 4.79 Å². The number of para-hydroxylation sites is 1. The van der Waals surface area contributed by atoms with Gasteiger partial charge in [0.05, 0.1) is 0 Å². The monoisotopic (exact) mass is 261 g/mol. The van der Waals surface area contributed by atoms with Gasteiger partial charge in [-0.25, -0.2) is 0 Å². The quantitative estimate of drug-likeness (QED) is 0.754. The molecule has 3 N–H and O–H groups in total. The van der Waals surface area contributed by atoms with Crippen molar-refractivity contribution in [2.24, 2.45) is 5.92 Å². The lowest BCUT2D eigenvalue weighted by Crippen LogP contribution is -2.43. The summed E-state index contributed by atoms with van der Waals surface area (Å²) in [6.07, 6.45) is 1.90. The Balaban J connectivity index is 1.71. The fourth-order valence-corrected chi connectivity index (χ4v) is 2.32. The molecule has 1 saturated heterocycles. The molecule has 1 aliphatic heterocycles. The van der Waals surface area contributed by atoms with E-state index in [4.69, 9.17) is 0 Å². The van der Waals surface area contributed by atoms with Crippen LogP contribution in [0.4, 0.5) is 5.69 Å². The molecular formula is C15H23N3O. The average molecular weight is 261 g/mol. The Morgan fingerprint density at radius 2 is 2.00 bits per heavy atom. The number of carbonyl (C=O) groups excluding carboxylic acids is 1. The predicted molar refractivity (Wildman–Crippen MR) is 78.1 cm³/mol. The molecule has 4 heteroatoms. The molecule has 104 valence electrons. The molecule has 0 aromatic heterocycles. The highest BCUT2D eigenvalue weighted by atomic mass is 16.1. The molecule has 0 spiro atoms. The summed E-state index contributed by atoms with van der Waals surface area (Å²) in [4.78, 5) is 12.1. The molecule has 1 aromatic carbocycles. The Morgan fingerprint density at radius 3 is 2.68 bits per heavy atom. The highest BCUT2D eigenvalue weighted by molar-refractivity contribution is 5.79. The molecule has 0 saturated carbocycles. The van der Waals surface area contributed by atoms with Gasteiger partial charge in [0.1, 0.15) is 0 Å². The maximum Gasteiger partial charge on any atom is 0.223 e. The Labute approximate surface area is 115 Å². The molecule has 1 aromatic rings. The van der Waals surface area contributed by atoms with Crippen LogP contribution in [0.2, 0.25) is 0 Å². The molecule has 1 amide bonds. The number of amides is 1. The van der Waals surface area contributed by atoms with E-state index in [0.717, 1.165) is 38.2 Å². The van der Waals surface area contributed by atoms with Gasteiger partial charge in [0.15, 0.2) is 0 Å². The highest BCUT2D eigenvalue weighted by Crippen LogP contribution is 2.11. The van der Waals surface area contributed by atoms with Crippen molar-refractivity contribution >= 4 is 11.6 Å². The van der Waals surface area contributed by atoms with E-state index >= 15 is 0 Å². The van der Waals surface area contributed by atoms with E-state index in [1.165, 1.54) is 0 Å². The highest BCUT2D eigenvalue weighted by Gasteiger charge is 2.21. The Bertz CT molecular complexity index is 388. The molecular weight excluding hydrogens is 238 g/mol. The molecule has 1 fully saturated rings. The van der Waals surface area contributed by atoms with E-state index < -0.39 is 0 Å². The van der Waals surface area contributed by atoms with Crippen LogP contribution >= 0.6 is 0 Å². The summed E-state index contributed by atoms with van der Waals surface area (Å²) in [5.41, 5.74) is 1.09. The summed E-state index contributed by atoms with van der Waals surface area (Å²) in [6, 6.07) is 10.2. The van der Waals surface area contributed by atoms with Crippen LogP contribution in [-0.4, -0.2) is 31.6 Å². The molecule has 1 heterocycles. The number of nitrogens with one attached hydrogen (secondary N) is 3. The van der Waals surface area contributed by atoms with Gasteiger partial charge in [-0.15, -0.1) is 0 Å². The third-order valence-corrected chi connectivity index (χ3v) is 3.48. The normalized spacial score (nSPS) is 17.7. The second-order valence-corrected chi connectivity index (χ2v) is 5.18. The third kappa shape index (κ3) is 4.56. The van der Waals surface area contributed by atoms with Gasteiger partial charge < -0.3 is 16.0 Å². The minimum absolute atomic E-state index is 0.141. The molecule has 1 aliphatic rings. The van der Waals surface area contributed by atoms with E-state index in [1.807, 2.05) is 37.3 Å². The predicted octanol–water partition coefficient (Wildman–Crippen LogP) is 1.60. The number of anilines is 1. The van der Waals surface area contributed by atoms with Crippen LogP contribution in [0.5, 0.6) is 0 Å². The fraction of sp³-hybridized carbons (Fsp3) is 0.533. The molecule has 0 aliphatic carbocycles. The van der Waals surface area contributed by atoms with Crippen molar-refractivity contribution in [1.82, 2.24) is 10.6 Å². The van der Waals surface area contributed by atoms with Crippen molar-refractivity contribution in [2.45, 2.75) is 25.8 Å². The van der Waals surface area contributed by atoms with Gasteiger partial charge in [-0.3, -0.25) is 4.79 Å². The van der Waals surface area contributed by atoms with Crippen molar-refractivity contribution < 1.29 is 4.79 Å². The Morgan fingerprint density at radius 1 is 1.32 bits per heavy atom. The zero-order valence-corrected chi connectivity index (χ0v) is 11.5. The average Bonchev–Trinajstić information content (AvgIpc) is 2.47. The fourth-order valence-electron chi connectivity index (χ4n) is 2.32. The lowest BCUT2D eigenvalue weighted by molar-refractivity contribution is -0.126. The molecule has 2 rings (SSSR count). The maximum absolute atomic E-state index is 12.1. The zero-order chi connectivity index (χ0) is 13.5. The molecule has 19 heavy (non-hydrogen) atoms. The van der Waals surface area contributed by atoms with Crippen molar-refractivity contribution in [1.29, 1.82) is 0 Å². The van der Waals surface area contributed by atoms with Gasteiger partial charge >= 0.3 is 0 Å². The van der Waals surface area contributed by atoms with Gasteiger partial charge in [-0.05, 0) is 45.0 Å². The lowest BCUT2D eigenvalue weighted by Gasteiger charge is -2.24. The first kappa shape index (κ1) is 13.9. The van der Waals surface area contributed by atoms with E-state index in [2.05, 4.69) is 16.0 Å². The van der Waals surface area contributed by atoms with E-state index in [1.54, 1.807) is 0 Å². The summed E-state index contributed by atoms with van der Waals surface area (Å²) >= 11 is 0.